The summed E-state index contributed by atoms with van der Waals surface area (Å²) in [6.07, 6.45) is 2.35. The summed E-state index contributed by atoms with van der Waals surface area (Å²) in [4.78, 5) is 19.2. The number of carbonyl (C=O) groups is 1. The first kappa shape index (κ1) is 22.8. The maximum Gasteiger partial charge on any atom is 0.270 e. The number of pyridine rings is 1. The van der Waals surface area contributed by atoms with E-state index in [0.29, 0.717) is 18.8 Å². The molecule has 0 radical (unpaired) electrons. The Morgan fingerprint density at radius 1 is 1.18 bits per heavy atom. The lowest BCUT2D eigenvalue weighted by Gasteiger charge is -2.23. The van der Waals surface area contributed by atoms with Gasteiger partial charge in [-0.2, -0.15) is 0 Å². The Labute approximate surface area is 192 Å². The predicted octanol–water partition coefficient (Wildman–Crippen LogP) is 3.01. The van der Waals surface area contributed by atoms with E-state index in [-0.39, 0.29) is 29.4 Å². The summed E-state index contributed by atoms with van der Waals surface area (Å²) in [5.41, 5.74) is 1.37. The highest BCUT2D eigenvalue weighted by molar-refractivity contribution is 5.92. The molecule has 3 heterocycles. The van der Waals surface area contributed by atoms with Crippen LogP contribution in [-0.4, -0.2) is 50.8 Å². The summed E-state index contributed by atoms with van der Waals surface area (Å²) >= 11 is 0. The Kier molecular flexibility index (Phi) is 6.98. The van der Waals surface area contributed by atoms with Crippen LogP contribution in [0.25, 0.3) is 0 Å². The largest absolute Gasteiger partial charge is 0.494 e. The second-order valence-corrected chi connectivity index (χ2v) is 8.53. The molecule has 1 N–H and O–H groups in total. The van der Waals surface area contributed by atoms with Crippen molar-refractivity contribution in [2.75, 3.05) is 20.2 Å². The quantitative estimate of drug-likeness (QED) is 0.593. The van der Waals surface area contributed by atoms with Gasteiger partial charge in [-0.05, 0) is 35.7 Å². The number of carbonyl (C=O) groups excluding carboxylic acids is 1. The highest BCUT2D eigenvalue weighted by Crippen LogP contribution is 2.24. The van der Waals surface area contributed by atoms with E-state index in [2.05, 4.69) is 43.8 Å². The fraction of sp³-hybridized carbons (Fsp3) is 0.417. The monoisotopic (exact) mass is 452 g/mol. The van der Waals surface area contributed by atoms with Gasteiger partial charge in [0, 0.05) is 38.8 Å². The van der Waals surface area contributed by atoms with E-state index in [9.17, 15) is 9.18 Å². The number of fused-ring (bicyclic) bond motifs is 1. The summed E-state index contributed by atoms with van der Waals surface area (Å²) in [5, 5.41) is 12.0. The lowest BCUT2D eigenvalue weighted by molar-refractivity contribution is 0.0916. The third-order valence-electron chi connectivity index (χ3n) is 5.90. The van der Waals surface area contributed by atoms with E-state index < -0.39 is 0 Å². The molecule has 0 aliphatic carbocycles. The summed E-state index contributed by atoms with van der Waals surface area (Å²) in [6.45, 7) is 7.10. The van der Waals surface area contributed by atoms with Crippen LogP contribution < -0.4 is 10.1 Å². The molecule has 174 valence electrons. The lowest BCUT2D eigenvalue weighted by Crippen LogP contribution is -2.34. The Morgan fingerprint density at radius 3 is 2.76 bits per heavy atom. The van der Waals surface area contributed by atoms with Crippen LogP contribution in [0.2, 0.25) is 0 Å². The van der Waals surface area contributed by atoms with Crippen LogP contribution in [-0.2, 0) is 19.5 Å². The summed E-state index contributed by atoms with van der Waals surface area (Å²) in [6, 6.07) is 9.96. The smallest absolute Gasteiger partial charge is 0.270 e. The molecule has 0 bridgehead atoms. The molecule has 1 aromatic carbocycles. The first-order chi connectivity index (χ1) is 16.0. The molecule has 0 fully saturated rings. The average Bonchev–Trinajstić information content (AvgIpc) is 3.12. The van der Waals surface area contributed by atoms with Gasteiger partial charge in [0.2, 0.25) is 0 Å². The van der Waals surface area contributed by atoms with Gasteiger partial charge < -0.3 is 14.6 Å². The minimum atomic E-state index is -0.361. The van der Waals surface area contributed by atoms with E-state index in [0.717, 1.165) is 36.7 Å². The number of halogens is 1. The van der Waals surface area contributed by atoms with Crippen LogP contribution in [0, 0.1) is 11.7 Å². The number of amides is 1. The highest BCUT2D eigenvalue weighted by atomic mass is 19.1. The zero-order valence-corrected chi connectivity index (χ0v) is 19.2. The van der Waals surface area contributed by atoms with Crippen molar-refractivity contribution in [1.29, 1.82) is 0 Å². The van der Waals surface area contributed by atoms with Crippen molar-refractivity contribution in [3.05, 3.63) is 71.3 Å². The summed E-state index contributed by atoms with van der Waals surface area (Å²) in [5.74, 6) is 1.45. The van der Waals surface area contributed by atoms with Crippen molar-refractivity contribution in [1.82, 2.24) is 30.0 Å². The van der Waals surface area contributed by atoms with E-state index in [1.54, 1.807) is 36.5 Å². The molecule has 8 nitrogen and oxygen atoms in total. The van der Waals surface area contributed by atoms with Crippen LogP contribution >= 0.6 is 0 Å². The van der Waals surface area contributed by atoms with Crippen LogP contribution in [0.4, 0.5) is 4.39 Å². The molecular formula is C24H29FN6O2. The topological polar surface area (TPSA) is 85.2 Å². The van der Waals surface area contributed by atoms with E-state index in [1.807, 2.05) is 0 Å². The number of hydrogen-bond acceptors (Lipinski definition) is 6. The number of rotatable bonds is 7. The van der Waals surface area contributed by atoms with Gasteiger partial charge >= 0.3 is 0 Å². The third-order valence-corrected chi connectivity index (χ3v) is 5.90. The van der Waals surface area contributed by atoms with E-state index in [4.69, 9.17) is 4.74 Å². The van der Waals surface area contributed by atoms with Gasteiger partial charge in [0.1, 0.15) is 11.5 Å². The number of nitrogens with zero attached hydrogens (tertiary/aromatic N) is 5. The predicted molar refractivity (Wildman–Crippen MR) is 121 cm³/mol. The van der Waals surface area contributed by atoms with Crippen LogP contribution in [0.1, 0.15) is 47.6 Å². The van der Waals surface area contributed by atoms with Gasteiger partial charge in [-0.3, -0.25) is 14.7 Å². The Bertz CT molecular complexity index is 1100. The van der Waals surface area contributed by atoms with Gasteiger partial charge in [0.05, 0.1) is 13.2 Å². The number of benzene rings is 1. The van der Waals surface area contributed by atoms with E-state index in [1.165, 1.54) is 13.2 Å². The van der Waals surface area contributed by atoms with Crippen molar-refractivity contribution >= 4 is 5.91 Å². The number of methoxy groups -OCH3 is 1. The summed E-state index contributed by atoms with van der Waals surface area (Å²) < 4.78 is 21.0. The molecule has 33 heavy (non-hydrogen) atoms. The second kappa shape index (κ2) is 10.1. The first-order valence-corrected chi connectivity index (χ1v) is 11.1. The molecule has 1 aliphatic heterocycles. The number of hydrogen-bond donors (Lipinski definition) is 1. The van der Waals surface area contributed by atoms with Crippen LogP contribution in [0.5, 0.6) is 5.75 Å². The molecular weight excluding hydrogens is 423 g/mol. The number of nitrogens with one attached hydrogen (secondary N) is 1. The first-order valence-electron chi connectivity index (χ1n) is 11.1. The lowest BCUT2D eigenvalue weighted by atomic mass is 10.0. The van der Waals surface area contributed by atoms with Gasteiger partial charge in [-0.15, -0.1) is 10.2 Å². The standard InChI is InChI=1S/C24H29FN6O2/c1-16(2)22(27-24(32)19-6-4-5-10-26-19)23-29-28-21-9-11-30(12-13-31(21)23)15-17-7-8-18(25)20(14-17)33-3/h4-8,10,14,16,22H,9,11-13,15H2,1-3H3,(H,27,32)/t22-/m1/s1. The van der Waals surface area contributed by atoms with Gasteiger partial charge in [-0.1, -0.05) is 26.0 Å². The SMILES string of the molecule is COc1cc(CN2CCc3nnc([C@H](NC(=O)c4ccccn4)C(C)C)n3CC2)ccc1F. The molecule has 3 aromatic rings. The minimum Gasteiger partial charge on any atom is -0.494 e. The van der Waals surface area contributed by atoms with Crippen molar-refractivity contribution < 1.29 is 13.9 Å². The molecule has 1 amide bonds. The average molecular weight is 453 g/mol. The molecule has 0 saturated heterocycles. The second-order valence-electron chi connectivity index (χ2n) is 8.53. The van der Waals surface area contributed by atoms with Crippen molar-refractivity contribution in [3.8, 4) is 5.75 Å². The molecule has 0 saturated carbocycles. The fourth-order valence-corrected chi connectivity index (χ4v) is 4.08. The van der Waals surface area contributed by atoms with Crippen molar-refractivity contribution in [2.24, 2.45) is 5.92 Å². The Balaban J connectivity index is 1.48. The minimum absolute atomic E-state index is 0.122. The van der Waals surface area contributed by atoms with Crippen molar-refractivity contribution in [2.45, 2.75) is 39.4 Å². The third kappa shape index (κ3) is 5.19. The summed E-state index contributed by atoms with van der Waals surface area (Å²) in [7, 11) is 1.47. The van der Waals surface area contributed by atoms with E-state index >= 15 is 0 Å². The fourth-order valence-electron chi connectivity index (χ4n) is 4.08. The molecule has 4 rings (SSSR count). The van der Waals surface area contributed by atoms with Crippen LogP contribution in [0.3, 0.4) is 0 Å². The molecule has 1 atom stereocenters. The van der Waals surface area contributed by atoms with Crippen molar-refractivity contribution in [3.63, 3.8) is 0 Å². The zero-order valence-electron chi connectivity index (χ0n) is 19.2. The zero-order chi connectivity index (χ0) is 23.4. The molecule has 9 heteroatoms. The van der Waals surface area contributed by atoms with Gasteiger partial charge in [0.15, 0.2) is 17.4 Å². The van der Waals surface area contributed by atoms with Gasteiger partial charge in [-0.25, -0.2) is 4.39 Å². The molecule has 0 spiro atoms. The molecule has 0 unspecified atom stereocenters. The number of aromatic nitrogens is 4. The maximum absolute atomic E-state index is 13.7. The Hall–Kier alpha value is -3.33. The van der Waals surface area contributed by atoms with Crippen LogP contribution in [0.15, 0.2) is 42.6 Å². The van der Waals surface area contributed by atoms with Gasteiger partial charge in [0.25, 0.3) is 5.91 Å². The molecule has 2 aromatic heterocycles. The molecule has 1 aliphatic rings. The normalized spacial score (nSPS) is 15.1. The Morgan fingerprint density at radius 2 is 2.03 bits per heavy atom. The number of ether oxygens (including phenoxy) is 1. The maximum atomic E-state index is 13.7. The highest BCUT2D eigenvalue weighted by Gasteiger charge is 2.28.